The van der Waals surface area contributed by atoms with E-state index in [1.807, 2.05) is 30.3 Å². The van der Waals surface area contributed by atoms with Crippen molar-refractivity contribution < 1.29 is 13.9 Å². The Kier molecular flexibility index (Phi) is 4.92. The second kappa shape index (κ2) is 7.11. The summed E-state index contributed by atoms with van der Waals surface area (Å²) in [6, 6.07) is 10.8. The Bertz CT molecular complexity index is 789. The van der Waals surface area contributed by atoms with E-state index in [0.29, 0.717) is 19.4 Å². The van der Waals surface area contributed by atoms with Crippen LogP contribution in [0.4, 0.5) is 4.39 Å². The number of rotatable bonds is 6. The lowest BCUT2D eigenvalue weighted by molar-refractivity contribution is -0.125. The molecule has 1 aromatic heterocycles. The van der Waals surface area contributed by atoms with E-state index in [-0.39, 0.29) is 6.61 Å². The monoisotopic (exact) mass is 334 g/mol. The second-order valence-corrected chi connectivity index (χ2v) is 5.92. The van der Waals surface area contributed by atoms with Crippen LogP contribution in [0.5, 0.6) is 0 Å². The minimum Gasteiger partial charge on any atom is -0.374 e. The van der Waals surface area contributed by atoms with Gasteiger partial charge in [-0.25, -0.2) is 9.18 Å². The SMILES string of the molecule is O=c1ccn([C@@H]2CC[C@](CF)(COCc3ccccc3)O2)c(=O)[nH]1. The van der Waals surface area contributed by atoms with Crippen LogP contribution in [-0.2, 0) is 16.1 Å². The zero-order chi connectivity index (χ0) is 17.0. The molecule has 0 unspecified atom stereocenters. The van der Waals surface area contributed by atoms with Crippen molar-refractivity contribution in [2.45, 2.75) is 31.3 Å². The van der Waals surface area contributed by atoms with E-state index in [9.17, 15) is 14.0 Å². The molecule has 0 aliphatic carbocycles. The molecule has 1 saturated heterocycles. The van der Waals surface area contributed by atoms with E-state index >= 15 is 0 Å². The number of hydrogen-bond acceptors (Lipinski definition) is 4. The van der Waals surface area contributed by atoms with Gasteiger partial charge in [0.1, 0.15) is 18.5 Å². The average molecular weight is 334 g/mol. The van der Waals surface area contributed by atoms with Gasteiger partial charge >= 0.3 is 5.69 Å². The number of halogens is 1. The molecule has 3 rings (SSSR count). The zero-order valence-electron chi connectivity index (χ0n) is 13.1. The Morgan fingerprint density at radius 1 is 1.29 bits per heavy atom. The fourth-order valence-electron chi connectivity index (χ4n) is 2.82. The second-order valence-electron chi connectivity index (χ2n) is 5.92. The molecule has 6 nitrogen and oxygen atoms in total. The van der Waals surface area contributed by atoms with Gasteiger partial charge in [-0.15, -0.1) is 0 Å². The summed E-state index contributed by atoms with van der Waals surface area (Å²) >= 11 is 0. The number of benzene rings is 1. The number of alkyl halides is 1. The van der Waals surface area contributed by atoms with Crippen molar-refractivity contribution in [3.63, 3.8) is 0 Å². The summed E-state index contributed by atoms with van der Waals surface area (Å²) in [6.07, 6.45) is 1.68. The van der Waals surface area contributed by atoms with Crippen LogP contribution >= 0.6 is 0 Å². The Labute approximate surface area is 137 Å². The van der Waals surface area contributed by atoms with Gasteiger partial charge in [-0.1, -0.05) is 30.3 Å². The third kappa shape index (κ3) is 3.63. The van der Waals surface area contributed by atoms with Crippen molar-refractivity contribution in [3.05, 3.63) is 69.0 Å². The molecular formula is C17H19FN2O4. The number of aromatic nitrogens is 2. The van der Waals surface area contributed by atoms with E-state index in [1.54, 1.807) is 0 Å². The lowest BCUT2D eigenvalue weighted by atomic mass is 10.0. The predicted molar refractivity (Wildman–Crippen MR) is 85.5 cm³/mol. The summed E-state index contributed by atoms with van der Waals surface area (Å²) in [5.41, 5.74) is -1.10. The first kappa shape index (κ1) is 16.6. The van der Waals surface area contributed by atoms with Crippen molar-refractivity contribution in [2.75, 3.05) is 13.3 Å². The van der Waals surface area contributed by atoms with E-state index in [2.05, 4.69) is 4.98 Å². The maximum absolute atomic E-state index is 13.6. The van der Waals surface area contributed by atoms with Crippen LogP contribution < -0.4 is 11.2 Å². The van der Waals surface area contributed by atoms with E-state index in [4.69, 9.17) is 9.47 Å². The summed E-state index contributed by atoms with van der Waals surface area (Å²) in [5, 5.41) is 0. The average Bonchev–Trinajstić information content (AvgIpc) is 3.00. The fourth-order valence-corrected chi connectivity index (χ4v) is 2.82. The van der Waals surface area contributed by atoms with Crippen molar-refractivity contribution >= 4 is 0 Å². The number of nitrogens with zero attached hydrogens (tertiary/aromatic N) is 1. The van der Waals surface area contributed by atoms with Crippen LogP contribution in [0.25, 0.3) is 0 Å². The molecular weight excluding hydrogens is 315 g/mol. The molecule has 128 valence electrons. The highest BCUT2D eigenvalue weighted by Gasteiger charge is 2.42. The summed E-state index contributed by atoms with van der Waals surface area (Å²) < 4.78 is 26.3. The Balaban J connectivity index is 1.64. The number of ether oxygens (including phenoxy) is 2. The molecule has 2 atom stereocenters. The summed E-state index contributed by atoms with van der Waals surface area (Å²) in [4.78, 5) is 25.1. The molecule has 1 fully saturated rings. The van der Waals surface area contributed by atoms with E-state index in [0.717, 1.165) is 5.56 Å². The molecule has 0 radical (unpaired) electrons. The van der Waals surface area contributed by atoms with Gasteiger partial charge in [0.25, 0.3) is 5.56 Å². The Morgan fingerprint density at radius 3 is 2.79 bits per heavy atom. The van der Waals surface area contributed by atoms with Crippen molar-refractivity contribution in [1.29, 1.82) is 0 Å². The van der Waals surface area contributed by atoms with Crippen molar-refractivity contribution in [2.24, 2.45) is 0 Å². The molecule has 0 spiro atoms. The van der Waals surface area contributed by atoms with Crippen LogP contribution in [0.2, 0.25) is 0 Å². The molecule has 2 heterocycles. The molecule has 7 heteroatoms. The molecule has 0 saturated carbocycles. The van der Waals surface area contributed by atoms with Crippen LogP contribution in [0.1, 0.15) is 24.6 Å². The van der Waals surface area contributed by atoms with Gasteiger partial charge in [0.2, 0.25) is 0 Å². The summed E-state index contributed by atoms with van der Waals surface area (Å²) in [7, 11) is 0. The maximum Gasteiger partial charge on any atom is 0.330 e. The van der Waals surface area contributed by atoms with Gasteiger partial charge in [-0.05, 0) is 18.4 Å². The first-order chi connectivity index (χ1) is 11.6. The highest BCUT2D eigenvalue weighted by Crippen LogP contribution is 2.36. The third-order valence-electron chi connectivity index (χ3n) is 4.11. The van der Waals surface area contributed by atoms with Gasteiger partial charge in [0, 0.05) is 12.3 Å². The topological polar surface area (TPSA) is 73.3 Å². The molecule has 0 bridgehead atoms. The molecule has 24 heavy (non-hydrogen) atoms. The van der Waals surface area contributed by atoms with Gasteiger partial charge in [-0.3, -0.25) is 14.3 Å². The van der Waals surface area contributed by atoms with Crippen molar-refractivity contribution in [1.82, 2.24) is 9.55 Å². The highest BCUT2D eigenvalue weighted by molar-refractivity contribution is 5.13. The van der Waals surface area contributed by atoms with E-state index < -0.39 is 29.8 Å². The van der Waals surface area contributed by atoms with Crippen LogP contribution in [-0.4, -0.2) is 28.4 Å². The smallest absolute Gasteiger partial charge is 0.330 e. The number of nitrogens with one attached hydrogen (secondary N) is 1. The van der Waals surface area contributed by atoms with Gasteiger partial charge < -0.3 is 9.47 Å². The Morgan fingerprint density at radius 2 is 2.08 bits per heavy atom. The molecule has 2 aromatic rings. The standard InChI is InChI=1S/C17H19FN2O4/c18-11-17(12-23-10-13-4-2-1-3-5-13)8-6-15(24-17)20-9-7-14(21)19-16(20)22/h1-5,7,9,15H,6,8,10-12H2,(H,19,21,22)/t15-,17-/m0/s1. The maximum atomic E-state index is 13.6. The minimum absolute atomic E-state index is 0.104. The van der Waals surface area contributed by atoms with E-state index in [1.165, 1.54) is 16.8 Å². The fraction of sp³-hybridized carbons (Fsp3) is 0.412. The number of H-pyrrole nitrogens is 1. The number of hydrogen-bond donors (Lipinski definition) is 1. The first-order valence-corrected chi connectivity index (χ1v) is 7.79. The molecule has 1 aliphatic rings. The highest BCUT2D eigenvalue weighted by atomic mass is 19.1. The lowest BCUT2D eigenvalue weighted by Gasteiger charge is -2.26. The lowest BCUT2D eigenvalue weighted by Crippen LogP contribution is -2.38. The first-order valence-electron chi connectivity index (χ1n) is 7.79. The van der Waals surface area contributed by atoms with Gasteiger partial charge in [0.15, 0.2) is 0 Å². The summed E-state index contributed by atoms with van der Waals surface area (Å²) in [5.74, 6) is 0. The molecule has 1 aliphatic heterocycles. The van der Waals surface area contributed by atoms with Gasteiger partial charge in [0.05, 0.1) is 13.2 Å². The molecule has 0 amide bonds. The third-order valence-corrected chi connectivity index (χ3v) is 4.11. The summed E-state index contributed by atoms with van der Waals surface area (Å²) in [6.45, 7) is -0.224. The number of aromatic amines is 1. The minimum atomic E-state index is -1.06. The Hall–Kier alpha value is -2.25. The normalized spacial score (nSPS) is 23.5. The van der Waals surface area contributed by atoms with Gasteiger partial charge in [-0.2, -0.15) is 0 Å². The van der Waals surface area contributed by atoms with Crippen LogP contribution in [0.15, 0.2) is 52.2 Å². The quantitative estimate of drug-likeness (QED) is 0.874. The van der Waals surface area contributed by atoms with Crippen molar-refractivity contribution in [3.8, 4) is 0 Å². The molecule has 1 aromatic carbocycles. The largest absolute Gasteiger partial charge is 0.374 e. The molecule has 1 N–H and O–H groups in total. The van der Waals surface area contributed by atoms with Crippen LogP contribution in [0.3, 0.4) is 0 Å². The predicted octanol–water partition coefficient (Wildman–Crippen LogP) is 1.77. The van der Waals surface area contributed by atoms with Crippen LogP contribution in [0, 0.1) is 0 Å². The zero-order valence-corrected chi connectivity index (χ0v) is 13.1.